The largest absolute Gasteiger partial charge is 0.477 e. The Labute approximate surface area is 94.0 Å². The first-order valence-corrected chi connectivity index (χ1v) is 5.16. The molecule has 0 aliphatic rings. The highest BCUT2D eigenvalue weighted by molar-refractivity contribution is 9.08. The maximum atomic E-state index is 10.8. The van der Waals surface area contributed by atoms with Crippen molar-refractivity contribution in [2.75, 3.05) is 0 Å². The molecule has 6 heteroatoms. The van der Waals surface area contributed by atoms with Gasteiger partial charge in [0, 0.05) is 11.4 Å². The number of nitro benzene ring substituents is 1. The molecule has 1 aromatic rings. The van der Waals surface area contributed by atoms with Gasteiger partial charge in [-0.25, -0.2) is 4.79 Å². The van der Waals surface area contributed by atoms with Gasteiger partial charge in [-0.1, -0.05) is 22.0 Å². The van der Waals surface area contributed by atoms with Gasteiger partial charge in [0.15, 0.2) is 0 Å². The van der Waals surface area contributed by atoms with Gasteiger partial charge in [-0.2, -0.15) is 0 Å². The molecule has 5 nitrogen and oxygen atoms in total. The Kier molecular flexibility index (Phi) is 3.41. The molecule has 0 saturated heterocycles. The number of carboxylic acids is 1. The Morgan fingerprint density at radius 2 is 2.20 bits per heavy atom. The van der Waals surface area contributed by atoms with Gasteiger partial charge in [0.1, 0.15) is 5.56 Å². The van der Waals surface area contributed by atoms with Crippen LogP contribution in [0.3, 0.4) is 0 Å². The lowest BCUT2D eigenvalue weighted by atomic mass is 10.0. The van der Waals surface area contributed by atoms with E-state index in [1.165, 1.54) is 6.07 Å². The topological polar surface area (TPSA) is 80.4 Å². The van der Waals surface area contributed by atoms with Crippen LogP contribution in [0.4, 0.5) is 5.69 Å². The molecule has 0 saturated carbocycles. The standard InChI is InChI=1S/C9H8BrNO4/c1-5-2-6(4-10)3-7(11(14)15)8(5)9(12)13/h2-3H,4H2,1H3,(H,12,13). The van der Waals surface area contributed by atoms with Crippen molar-refractivity contribution in [1.29, 1.82) is 0 Å². The second kappa shape index (κ2) is 4.39. The van der Waals surface area contributed by atoms with Crippen molar-refractivity contribution in [2.45, 2.75) is 12.3 Å². The predicted molar refractivity (Wildman–Crippen MR) is 57.4 cm³/mol. The van der Waals surface area contributed by atoms with Crippen LogP contribution in [0.1, 0.15) is 21.5 Å². The van der Waals surface area contributed by atoms with Crippen molar-refractivity contribution in [2.24, 2.45) is 0 Å². The highest BCUT2D eigenvalue weighted by Crippen LogP contribution is 2.25. The van der Waals surface area contributed by atoms with Crippen LogP contribution in [0.25, 0.3) is 0 Å². The van der Waals surface area contributed by atoms with Gasteiger partial charge in [0.2, 0.25) is 0 Å². The van der Waals surface area contributed by atoms with Gasteiger partial charge in [-0.3, -0.25) is 10.1 Å². The first-order chi connectivity index (χ1) is 6.97. The summed E-state index contributed by atoms with van der Waals surface area (Å²) < 4.78 is 0. The summed E-state index contributed by atoms with van der Waals surface area (Å²) in [6.07, 6.45) is 0. The van der Waals surface area contributed by atoms with Crippen LogP contribution in [0.2, 0.25) is 0 Å². The lowest BCUT2D eigenvalue weighted by molar-refractivity contribution is -0.385. The van der Waals surface area contributed by atoms with Gasteiger partial charge in [0.25, 0.3) is 5.69 Å². The van der Waals surface area contributed by atoms with Crippen LogP contribution in [0.5, 0.6) is 0 Å². The molecule has 0 aliphatic heterocycles. The smallest absolute Gasteiger partial charge is 0.343 e. The summed E-state index contributed by atoms with van der Waals surface area (Å²) in [4.78, 5) is 20.8. The molecule has 0 amide bonds. The number of carbonyl (C=O) groups is 1. The fourth-order valence-electron chi connectivity index (χ4n) is 1.34. The number of halogens is 1. The van der Waals surface area contributed by atoms with E-state index < -0.39 is 10.9 Å². The predicted octanol–water partition coefficient (Wildman–Crippen LogP) is 2.50. The van der Waals surface area contributed by atoms with Crippen molar-refractivity contribution in [3.05, 3.63) is 38.9 Å². The van der Waals surface area contributed by atoms with E-state index in [0.29, 0.717) is 16.5 Å². The summed E-state index contributed by atoms with van der Waals surface area (Å²) in [6, 6.07) is 2.89. The Morgan fingerprint density at radius 1 is 1.60 bits per heavy atom. The number of rotatable bonds is 3. The van der Waals surface area contributed by atoms with E-state index in [-0.39, 0.29) is 11.3 Å². The molecule has 15 heavy (non-hydrogen) atoms. The van der Waals surface area contributed by atoms with E-state index in [1.807, 2.05) is 0 Å². The van der Waals surface area contributed by atoms with Crippen LogP contribution in [-0.4, -0.2) is 16.0 Å². The molecule has 0 unspecified atom stereocenters. The molecule has 1 N–H and O–H groups in total. The van der Waals surface area contributed by atoms with Crippen LogP contribution in [0, 0.1) is 17.0 Å². The van der Waals surface area contributed by atoms with Crippen LogP contribution in [-0.2, 0) is 5.33 Å². The fourth-order valence-corrected chi connectivity index (χ4v) is 1.66. The lowest BCUT2D eigenvalue weighted by Crippen LogP contribution is -2.06. The van der Waals surface area contributed by atoms with Gasteiger partial charge in [-0.05, 0) is 18.1 Å². The number of nitrogens with zero attached hydrogens (tertiary/aromatic N) is 1. The summed E-state index contributed by atoms with van der Waals surface area (Å²) in [7, 11) is 0. The Morgan fingerprint density at radius 3 is 2.60 bits per heavy atom. The molecule has 0 bridgehead atoms. The number of carboxylic acid groups (broad SMARTS) is 1. The van der Waals surface area contributed by atoms with Crippen molar-refractivity contribution in [3.63, 3.8) is 0 Å². The minimum absolute atomic E-state index is 0.246. The maximum absolute atomic E-state index is 10.8. The normalized spacial score (nSPS) is 10.0. The molecule has 0 aromatic heterocycles. The van der Waals surface area contributed by atoms with E-state index >= 15 is 0 Å². The quantitative estimate of drug-likeness (QED) is 0.521. The molecule has 1 aromatic carbocycles. The third kappa shape index (κ3) is 2.33. The van der Waals surface area contributed by atoms with Crippen LogP contribution >= 0.6 is 15.9 Å². The molecule has 0 spiro atoms. The molecule has 0 fully saturated rings. The van der Waals surface area contributed by atoms with E-state index in [2.05, 4.69) is 15.9 Å². The molecule has 0 aliphatic carbocycles. The van der Waals surface area contributed by atoms with Crippen molar-refractivity contribution >= 4 is 27.6 Å². The average molecular weight is 274 g/mol. The molecular formula is C9H8BrNO4. The molecule has 0 radical (unpaired) electrons. The van der Waals surface area contributed by atoms with Crippen LogP contribution < -0.4 is 0 Å². The van der Waals surface area contributed by atoms with Gasteiger partial charge in [-0.15, -0.1) is 0 Å². The van der Waals surface area contributed by atoms with E-state index in [9.17, 15) is 14.9 Å². The number of aromatic carboxylic acids is 1. The zero-order valence-corrected chi connectivity index (χ0v) is 9.44. The molecule has 80 valence electrons. The highest BCUT2D eigenvalue weighted by Gasteiger charge is 2.22. The van der Waals surface area contributed by atoms with Crippen molar-refractivity contribution in [1.82, 2.24) is 0 Å². The molecular weight excluding hydrogens is 266 g/mol. The van der Waals surface area contributed by atoms with Crippen molar-refractivity contribution in [3.8, 4) is 0 Å². The first kappa shape index (κ1) is 11.6. The second-order valence-electron chi connectivity index (χ2n) is 3.00. The summed E-state index contributed by atoms with van der Waals surface area (Å²) in [6.45, 7) is 1.54. The van der Waals surface area contributed by atoms with Gasteiger partial charge in [0.05, 0.1) is 4.92 Å². The average Bonchev–Trinajstić information content (AvgIpc) is 2.15. The third-order valence-electron chi connectivity index (χ3n) is 1.94. The molecule has 0 atom stereocenters. The zero-order valence-electron chi connectivity index (χ0n) is 7.86. The minimum atomic E-state index is -1.28. The first-order valence-electron chi connectivity index (χ1n) is 4.04. The van der Waals surface area contributed by atoms with E-state index in [0.717, 1.165) is 0 Å². The third-order valence-corrected chi connectivity index (χ3v) is 2.59. The monoisotopic (exact) mass is 273 g/mol. The highest BCUT2D eigenvalue weighted by atomic mass is 79.9. The molecule has 1 rings (SSSR count). The number of benzene rings is 1. The summed E-state index contributed by atoms with van der Waals surface area (Å²) >= 11 is 3.17. The van der Waals surface area contributed by atoms with Gasteiger partial charge < -0.3 is 5.11 Å². The Hall–Kier alpha value is -1.43. The maximum Gasteiger partial charge on any atom is 0.343 e. The SMILES string of the molecule is Cc1cc(CBr)cc([N+](=O)[O-])c1C(=O)O. The van der Waals surface area contributed by atoms with Gasteiger partial charge >= 0.3 is 5.97 Å². The fraction of sp³-hybridized carbons (Fsp3) is 0.222. The van der Waals surface area contributed by atoms with E-state index in [1.54, 1.807) is 13.0 Å². The number of hydrogen-bond donors (Lipinski definition) is 1. The summed E-state index contributed by atoms with van der Waals surface area (Å²) in [5.74, 6) is -1.28. The summed E-state index contributed by atoms with van der Waals surface area (Å²) in [5, 5.41) is 20.0. The van der Waals surface area contributed by atoms with Crippen LogP contribution in [0.15, 0.2) is 12.1 Å². The zero-order chi connectivity index (χ0) is 11.6. The lowest BCUT2D eigenvalue weighted by Gasteiger charge is -2.04. The Balaban J connectivity index is 3.49. The number of aryl methyl sites for hydroxylation is 1. The second-order valence-corrected chi connectivity index (χ2v) is 3.56. The Bertz CT molecular complexity index is 430. The number of alkyl halides is 1. The van der Waals surface area contributed by atoms with Crippen molar-refractivity contribution < 1.29 is 14.8 Å². The summed E-state index contributed by atoms with van der Waals surface area (Å²) in [5.41, 5.74) is 0.469. The number of hydrogen-bond acceptors (Lipinski definition) is 3. The number of nitro groups is 1. The van der Waals surface area contributed by atoms with E-state index in [4.69, 9.17) is 5.11 Å². The molecule has 0 heterocycles. The minimum Gasteiger partial charge on any atom is -0.477 e.